The molecule has 4 nitrogen and oxygen atoms in total. The number of hydrogen-bond donors (Lipinski definition) is 0. The van der Waals surface area contributed by atoms with Gasteiger partial charge in [0.2, 0.25) is 6.04 Å². The van der Waals surface area contributed by atoms with Crippen molar-refractivity contribution in [2.45, 2.75) is 18.5 Å². The van der Waals surface area contributed by atoms with Crippen LogP contribution < -0.4 is 0 Å². The minimum absolute atomic E-state index is 0.0425. The van der Waals surface area contributed by atoms with Crippen LogP contribution in [0.5, 0.6) is 0 Å². The maximum atomic E-state index is 11.1. The largest absolute Gasteiger partial charge is 0.468 e. The van der Waals surface area contributed by atoms with Crippen LogP contribution in [-0.4, -0.2) is 43.7 Å². The first-order valence-corrected chi connectivity index (χ1v) is 3.83. The normalized spacial score (nSPS) is 29.8. The lowest BCUT2D eigenvalue weighted by molar-refractivity contribution is -0.145. The first-order valence-electron chi connectivity index (χ1n) is 3.83. The summed E-state index contributed by atoms with van der Waals surface area (Å²) in [5.41, 5.74) is 0. The Morgan fingerprint density at radius 2 is 2.42 bits per heavy atom. The van der Waals surface area contributed by atoms with E-state index in [-0.39, 0.29) is 18.1 Å². The van der Waals surface area contributed by atoms with Crippen LogP contribution in [0.4, 0.5) is 0 Å². The highest BCUT2D eigenvalue weighted by Crippen LogP contribution is 2.19. The van der Waals surface area contributed by atoms with Crippen molar-refractivity contribution in [2.75, 3.05) is 20.7 Å². The van der Waals surface area contributed by atoms with Gasteiger partial charge in [0.15, 0.2) is 0 Å². The number of esters is 1. The van der Waals surface area contributed by atoms with E-state index in [1.165, 1.54) is 7.11 Å². The van der Waals surface area contributed by atoms with Gasteiger partial charge in [-0.1, -0.05) is 0 Å². The second-order valence-electron chi connectivity index (χ2n) is 3.00. The lowest BCUT2D eigenvalue weighted by Crippen LogP contribution is -2.33. The molecule has 0 aliphatic carbocycles. The predicted octanol–water partition coefficient (Wildman–Crippen LogP) is 0.151. The molecule has 0 aromatic carbocycles. The third-order valence-electron chi connectivity index (χ3n) is 2.18. The van der Waals surface area contributed by atoms with Gasteiger partial charge in [0.25, 0.3) is 0 Å². The summed E-state index contributed by atoms with van der Waals surface area (Å²) in [7, 11) is 3.22. The Kier molecular flexibility index (Phi) is 2.66. The number of likely N-dealkylation sites (tertiary alicyclic amines) is 1. The van der Waals surface area contributed by atoms with Gasteiger partial charge in [0.1, 0.15) is 6.04 Å². The average Bonchev–Trinajstić information content (AvgIpc) is 2.45. The molecular formula is C8H12N2O2. The third-order valence-corrected chi connectivity index (χ3v) is 2.18. The summed E-state index contributed by atoms with van der Waals surface area (Å²) in [6, 6.07) is -0.256. The number of ether oxygens (including phenoxy) is 1. The summed E-state index contributed by atoms with van der Waals surface area (Å²) < 4.78 is 4.61. The van der Waals surface area contributed by atoms with Gasteiger partial charge < -0.3 is 9.58 Å². The number of hydrogen-bond acceptors (Lipinski definition) is 3. The monoisotopic (exact) mass is 168 g/mol. The van der Waals surface area contributed by atoms with E-state index >= 15 is 0 Å². The molecule has 1 fully saturated rings. The molecule has 0 spiro atoms. The lowest BCUT2D eigenvalue weighted by Gasteiger charge is -2.14. The fourth-order valence-corrected chi connectivity index (χ4v) is 1.48. The van der Waals surface area contributed by atoms with Crippen molar-refractivity contribution < 1.29 is 9.53 Å². The smallest absolute Gasteiger partial charge is 0.323 e. The van der Waals surface area contributed by atoms with Crippen molar-refractivity contribution in [3.05, 3.63) is 11.4 Å². The summed E-state index contributed by atoms with van der Waals surface area (Å²) in [6.07, 6.45) is 0.604. The molecule has 0 unspecified atom stereocenters. The quantitative estimate of drug-likeness (QED) is 0.413. The van der Waals surface area contributed by atoms with Gasteiger partial charge in [-0.3, -0.25) is 9.69 Å². The van der Waals surface area contributed by atoms with Crippen molar-refractivity contribution in [3.8, 4) is 0 Å². The first kappa shape index (κ1) is 9.01. The summed E-state index contributed by atoms with van der Waals surface area (Å²) in [6.45, 7) is 7.49. The van der Waals surface area contributed by atoms with Crippen molar-refractivity contribution in [1.82, 2.24) is 4.90 Å². The van der Waals surface area contributed by atoms with E-state index in [4.69, 9.17) is 6.57 Å². The van der Waals surface area contributed by atoms with Gasteiger partial charge in [-0.2, -0.15) is 0 Å². The van der Waals surface area contributed by atoms with Crippen LogP contribution in [0, 0.1) is 6.57 Å². The summed E-state index contributed by atoms with van der Waals surface area (Å²) in [5, 5.41) is 0. The molecule has 66 valence electrons. The number of rotatable bonds is 1. The van der Waals surface area contributed by atoms with Gasteiger partial charge in [-0.05, 0) is 7.05 Å². The van der Waals surface area contributed by atoms with Crippen molar-refractivity contribution in [3.63, 3.8) is 0 Å². The van der Waals surface area contributed by atoms with Crippen molar-refractivity contribution in [1.29, 1.82) is 0 Å². The second kappa shape index (κ2) is 3.55. The zero-order valence-corrected chi connectivity index (χ0v) is 7.28. The Bertz CT molecular complexity index is 222. The SMILES string of the molecule is [C-]#[N+][C@H]1C[C@@H](C(=O)OC)N(C)C1. The maximum Gasteiger partial charge on any atom is 0.323 e. The van der Waals surface area contributed by atoms with Gasteiger partial charge >= 0.3 is 5.97 Å². The van der Waals surface area contributed by atoms with E-state index < -0.39 is 0 Å². The van der Waals surface area contributed by atoms with Gasteiger partial charge in [0.05, 0.1) is 20.1 Å². The number of carbonyl (C=O) groups excluding carboxylic acids is 1. The van der Waals surface area contributed by atoms with E-state index in [1.807, 2.05) is 11.9 Å². The van der Waals surface area contributed by atoms with Crippen LogP contribution in [0.2, 0.25) is 0 Å². The second-order valence-corrected chi connectivity index (χ2v) is 3.00. The molecule has 1 heterocycles. The van der Waals surface area contributed by atoms with Crippen LogP contribution in [0.25, 0.3) is 4.85 Å². The number of carbonyl (C=O) groups is 1. The van der Waals surface area contributed by atoms with Crippen LogP contribution in [0.15, 0.2) is 0 Å². The molecule has 0 N–H and O–H groups in total. The molecule has 0 aromatic rings. The molecule has 1 aliphatic rings. The highest BCUT2D eigenvalue weighted by atomic mass is 16.5. The lowest BCUT2D eigenvalue weighted by atomic mass is 10.2. The topological polar surface area (TPSA) is 33.9 Å². The Hall–Kier alpha value is -1.08. The van der Waals surface area contributed by atoms with E-state index in [0.29, 0.717) is 13.0 Å². The highest BCUT2D eigenvalue weighted by molar-refractivity contribution is 5.76. The third kappa shape index (κ3) is 1.56. The fourth-order valence-electron chi connectivity index (χ4n) is 1.48. The maximum absolute atomic E-state index is 11.1. The van der Waals surface area contributed by atoms with Crippen LogP contribution in [0.3, 0.4) is 0 Å². The Labute approximate surface area is 71.9 Å². The standard InChI is InChI=1S/C8H12N2O2/c1-9-6-4-7(8(11)12-3)10(2)5-6/h6-7H,4-5H2,2-3H3/t6-,7-/m0/s1. The minimum atomic E-state index is -0.233. The molecule has 0 radical (unpaired) electrons. The van der Waals surface area contributed by atoms with Crippen LogP contribution in [0.1, 0.15) is 6.42 Å². The predicted molar refractivity (Wildman–Crippen MR) is 43.4 cm³/mol. The Morgan fingerprint density at radius 3 is 2.83 bits per heavy atom. The fraction of sp³-hybridized carbons (Fsp3) is 0.750. The molecule has 4 heteroatoms. The van der Waals surface area contributed by atoms with Crippen LogP contribution >= 0.6 is 0 Å². The van der Waals surface area contributed by atoms with E-state index in [2.05, 4.69) is 9.58 Å². The van der Waals surface area contributed by atoms with E-state index in [1.54, 1.807) is 0 Å². The Balaban J connectivity index is 2.58. The molecular weight excluding hydrogens is 156 g/mol. The molecule has 0 amide bonds. The molecule has 2 atom stereocenters. The van der Waals surface area contributed by atoms with E-state index in [0.717, 1.165) is 0 Å². The van der Waals surface area contributed by atoms with Crippen LogP contribution in [-0.2, 0) is 9.53 Å². The summed E-state index contributed by atoms with van der Waals surface area (Å²) in [5.74, 6) is -0.233. The van der Waals surface area contributed by atoms with Crippen molar-refractivity contribution in [2.24, 2.45) is 0 Å². The first-order chi connectivity index (χ1) is 5.69. The Morgan fingerprint density at radius 1 is 1.75 bits per heavy atom. The average molecular weight is 168 g/mol. The summed E-state index contributed by atoms with van der Waals surface area (Å²) in [4.78, 5) is 16.4. The molecule has 12 heavy (non-hydrogen) atoms. The molecule has 1 rings (SSSR count). The number of methoxy groups -OCH3 is 1. The minimum Gasteiger partial charge on any atom is -0.468 e. The number of nitrogens with zero attached hydrogens (tertiary/aromatic N) is 2. The molecule has 1 saturated heterocycles. The molecule has 1 aliphatic heterocycles. The molecule has 0 bridgehead atoms. The van der Waals surface area contributed by atoms with Crippen molar-refractivity contribution >= 4 is 5.97 Å². The number of likely N-dealkylation sites (N-methyl/N-ethyl adjacent to an activating group) is 1. The highest BCUT2D eigenvalue weighted by Gasteiger charge is 2.38. The summed E-state index contributed by atoms with van der Waals surface area (Å²) >= 11 is 0. The molecule has 0 aromatic heterocycles. The zero-order valence-electron chi connectivity index (χ0n) is 7.28. The van der Waals surface area contributed by atoms with Gasteiger partial charge in [0, 0.05) is 0 Å². The molecule has 0 saturated carbocycles. The zero-order chi connectivity index (χ0) is 9.14. The van der Waals surface area contributed by atoms with Gasteiger partial charge in [-0.15, -0.1) is 0 Å². The van der Waals surface area contributed by atoms with E-state index in [9.17, 15) is 4.79 Å². The van der Waals surface area contributed by atoms with Gasteiger partial charge in [-0.25, -0.2) is 6.57 Å².